The van der Waals surface area contributed by atoms with Crippen LogP contribution in [0.15, 0.2) is 18.2 Å². The topological polar surface area (TPSA) is 61.6 Å². The lowest BCUT2D eigenvalue weighted by Crippen LogP contribution is -2.11. The fourth-order valence-corrected chi connectivity index (χ4v) is 1.88. The van der Waals surface area contributed by atoms with E-state index >= 15 is 0 Å². The van der Waals surface area contributed by atoms with Crippen molar-refractivity contribution in [3.8, 4) is 11.5 Å². The lowest BCUT2D eigenvalue weighted by Gasteiger charge is -2.12. The Labute approximate surface area is 113 Å². The maximum Gasteiger partial charge on any atom is 0.314 e. The molecule has 1 aliphatic rings. The van der Waals surface area contributed by atoms with Crippen molar-refractivity contribution in [3.63, 3.8) is 0 Å². The van der Waals surface area contributed by atoms with Gasteiger partial charge in [-0.25, -0.2) is 0 Å². The second-order valence-corrected chi connectivity index (χ2v) is 4.80. The molecule has 19 heavy (non-hydrogen) atoms. The third kappa shape index (κ3) is 3.96. The highest BCUT2D eigenvalue weighted by Gasteiger charge is 2.32. The van der Waals surface area contributed by atoms with Gasteiger partial charge in [0.25, 0.3) is 0 Å². The molecule has 4 heteroatoms. The fourth-order valence-electron chi connectivity index (χ4n) is 1.88. The van der Waals surface area contributed by atoms with E-state index in [2.05, 4.69) is 0 Å². The third-order valence-electron chi connectivity index (χ3n) is 3.10. The highest BCUT2D eigenvalue weighted by Crippen LogP contribution is 2.34. The second kappa shape index (κ2) is 6.57. The molecule has 0 unspecified atom stereocenters. The molecular formula is C15H21NO3. The average molecular weight is 263 g/mol. The molecule has 0 aromatic heterocycles. The highest BCUT2D eigenvalue weighted by molar-refractivity contribution is 5.78. The molecule has 0 aliphatic heterocycles. The van der Waals surface area contributed by atoms with Gasteiger partial charge in [-0.3, -0.25) is 4.79 Å². The zero-order valence-corrected chi connectivity index (χ0v) is 11.4. The van der Waals surface area contributed by atoms with Crippen LogP contribution in [-0.4, -0.2) is 19.1 Å². The van der Waals surface area contributed by atoms with Gasteiger partial charge in [-0.2, -0.15) is 0 Å². The molecule has 4 nitrogen and oxygen atoms in total. The number of benzene rings is 1. The Morgan fingerprint density at radius 1 is 1.37 bits per heavy atom. The van der Waals surface area contributed by atoms with Gasteiger partial charge < -0.3 is 15.2 Å². The van der Waals surface area contributed by atoms with Crippen molar-refractivity contribution in [2.24, 2.45) is 11.7 Å². The van der Waals surface area contributed by atoms with Crippen LogP contribution in [-0.2, 0) is 11.2 Å². The SMILES string of the molecule is CCOc1cc(CCCN)ccc1OC(=O)C1CC1. The molecule has 2 N–H and O–H groups in total. The number of hydrogen-bond donors (Lipinski definition) is 1. The largest absolute Gasteiger partial charge is 0.490 e. The van der Waals surface area contributed by atoms with Crippen molar-refractivity contribution in [1.82, 2.24) is 0 Å². The Morgan fingerprint density at radius 3 is 2.79 bits per heavy atom. The molecule has 1 saturated carbocycles. The third-order valence-corrected chi connectivity index (χ3v) is 3.10. The molecule has 0 bridgehead atoms. The molecule has 0 atom stereocenters. The predicted molar refractivity (Wildman–Crippen MR) is 73.3 cm³/mol. The monoisotopic (exact) mass is 263 g/mol. The number of nitrogens with two attached hydrogens (primary N) is 1. The molecule has 104 valence electrons. The molecule has 0 radical (unpaired) electrons. The number of ether oxygens (including phenoxy) is 2. The summed E-state index contributed by atoms with van der Waals surface area (Å²) in [4.78, 5) is 11.7. The van der Waals surface area contributed by atoms with Gasteiger partial charge in [0.1, 0.15) is 0 Å². The van der Waals surface area contributed by atoms with Gasteiger partial charge in [-0.15, -0.1) is 0 Å². The van der Waals surface area contributed by atoms with Gasteiger partial charge in [0.15, 0.2) is 11.5 Å². The Morgan fingerprint density at radius 2 is 2.16 bits per heavy atom. The summed E-state index contributed by atoms with van der Waals surface area (Å²) in [7, 11) is 0. The van der Waals surface area contributed by atoms with Crippen LogP contribution in [0.2, 0.25) is 0 Å². The van der Waals surface area contributed by atoms with Crippen LogP contribution in [0.25, 0.3) is 0 Å². The Bertz CT molecular complexity index is 441. The van der Waals surface area contributed by atoms with Gasteiger partial charge in [0.05, 0.1) is 12.5 Å². The first-order valence-corrected chi connectivity index (χ1v) is 6.92. The molecule has 0 spiro atoms. The van der Waals surface area contributed by atoms with Crippen LogP contribution in [0, 0.1) is 5.92 Å². The summed E-state index contributed by atoms with van der Waals surface area (Å²) in [6.45, 7) is 3.13. The molecule has 2 rings (SSSR count). The minimum atomic E-state index is -0.143. The maximum absolute atomic E-state index is 11.7. The molecule has 0 amide bonds. The molecule has 1 aromatic carbocycles. The maximum atomic E-state index is 11.7. The zero-order chi connectivity index (χ0) is 13.7. The Balaban J connectivity index is 2.09. The van der Waals surface area contributed by atoms with E-state index in [4.69, 9.17) is 15.2 Å². The molecule has 0 saturated heterocycles. The summed E-state index contributed by atoms with van der Waals surface area (Å²) in [5, 5.41) is 0. The van der Waals surface area contributed by atoms with Crippen molar-refractivity contribution >= 4 is 5.97 Å². The van der Waals surface area contributed by atoms with Gasteiger partial charge in [-0.1, -0.05) is 6.07 Å². The van der Waals surface area contributed by atoms with Crippen LogP contribution in [0.4, 0.5) is 0 Å². The summed E-state index contributed by atoms with van der Waals surface area (Å²) in [5.74, 6) is 1.11. The Hall–Kier alpha value is -1.55. The van der Waals surface area contributed by atoms with Crippen LogP contribution in [0.3, 0.4) is 0 Å². The number of carbonyl (C=O) groups excluding carboxylic acids is 1. The number of esters is 1. The summed E-state index contributed by atoms with van der Waals surface area (Å²) >= 11 is 0. The van der Waals surface area contributed by atoms with Crippen LogP contribution < -0.4 is 15.2 Å². The van der Waals surface area contributed by atoms with Crippen LogP contribution in [0.5, 0.6) is 11.5 Å². The lowest BCUT2D eigenvalue weighted by molar-refractivity contribution is -0.135. The van der Waals surface area contributed by atoms with E-state index in [9.17, 15) is 4.79 Å². The van der Waals surface area contributed by atoms with Crippen molar-refractivity contribution in [2.75, 3.05) is 13.2 Å². The smallest absolute Gasteiger partial charge is 0.314 e. The Kier molecular flexibility index (Phi) is 4.80. The van der Waals surface area contributed by atoms with Crippen molar-refractivity contribution in [1.29, 1.82) is 0 Å². The molecular weight excluding hydrogens is 242 g/mol. The molecule has 1 fully saturated rings. The van der Waals surface area contributed by atoms with Crippen molar-refractivity contribution in [2.45, 2.75) is 32.6 Å². The van der Waals surface area contributed by atoms with E-state index in [1.807, 2.05) is 25.1 Å². The van der Waals surface area contributed by atoms with Gasteiger partial charge in [-0.05, 0) is 56.8 Å². The first kappa shape index (κ1) is 13.9. The van der Waals surface area contributed by atoms with E-state index in [0.717, 1.165) is 31.2 Å². The van der Waals surface area contributed by atoms with Crippen LogP contribution >= 0.6 is 0 Å². The predicted octanol–water partition coefficient (Wildman–Crippen LogP) is 2.29. The molecule has 1 aliphatic carbocycles. The number of hydrogen-bond acceptors (Lipinski definition) is 4. The molecule has 0 heterocycles. The van der Waals surface area contributed by atoms with E-state index in [1.54, 1.807) is 0 Å². The first-order chi connectivity index (χ1) is 9.24. The summed E-state index contributed by atoms with van der Waals surface area (Å²) in [6.07, 6.45) is 3.73. The quantitative estimate of drug-likeness (QED) is 0.605. The summed E-state index contributed by atoms with van der Waals surface area (Å²) < 4.78 is 10.9. The van der Waals surface area contributed by atoms with Gasteiger partial charge in [0.2, 0.25) is 0 Å². The van der Waals surface area contributed by atoms with Gasteiger partial charge in [0, 0.05) is 0 Å². The highest BCUT2D eigenvalue weighted by atomic mass is 16.6. The minimum Gasteiger partial charge on any atom is -0.490 e. The van der Waals surface area contributed by atoms with Crippen molar-refractivity contribution < 1.29 is 14.3 Å². The van der Waals surface area contributed by atoms with E-state index < -0.39 is 0 Å². The lowest BCUT2D eigenvalue weighted by atomic mass is 10.1. The number of aryl methyl sites for hydroxylation is 1. The minimum absolute atomic E-state index is 0.0893. The van der Waals surface area contributed by atoms with E-state index in [-0.39, 0.29) is 11.9 Å². The number of carbonyl (C=O) groups is 1. The second-order valence-electron chi connectivity index (χ2n) is 4.80. The normalized spacial score (nSPS) is 14.2. The molecule has 1 aromatic rings. The van der Waals surface area contributed by atoms with Crippen LogP contribution in [0.1, 0.15) is 31.7 Å². The van der Waals surface area contributed by atoms with E-state index in [1.165, 1.54) is 0 Å². The zero-order valence-electron chi connectivity index (χ0n) is 11.4. The summed E-state index contributed by atoms with van der Waals surface area (Å²) in [6, 6.07) is 5.72. The van der Waals surface area contributed by atoms with Gasteiger partial charge >= 0.3 is 5.97 Å². The van der Waals surface area contributed by atoms with E-state index in [0.29, 0.717) is 24.7 Å². The first-order valence-electron chi connectivity index (χ1n) is 6.92. The standard InChI is InChI=1S/C15H21NO3/c1-2-18-14-10-11(4-3-9-16)5-8-13(14)19-15(17)12-6-7-12/h5,8,10,12H,2-4,6-7,9,16H2,1H3. The van der Waals surface area contributed by atoms with Crippen molar-refractivity contribution in [3.05, 3.63) is 23.8 Å². The summed E-state index contributed by atoms with van der Waals surface area (Å²) in [5.41, 5.74) is 6.66. The average Bonchev–Trinajstić information content (AvgIpc) is 3.23. The number of rotatable bonds is 7. The fraction of sp³-hybridized carbons (Fsp3) is 0.533.